The summed E-state index contributed by atoms with van der Waals surface area (Å²) in [6, 6.07) is 8.70. The average molecular weight is 300 g/mol. The average Bonchev–Trinajstić information content (AvgIpc) is 3.15. The fourth-order valence-corrected chi connectivity index (χ4v) is 2.90. The number of rotatable bonds is 6. The van der Waals surface area contributed by atoms with Gasteiger partial charge >= 0.3 is 0 Å². The van der Waals surface area contributed by atoms with Crippen molar-refractivity contribution in [1.29, 1.82) is 0 Å². The number of hydrogen-bond acceptors (Lipinski definition) is 3. The van der Waals surface area contributed by atoms with Crippen molar-refractivity contribution in [2.24, 2.45) is 0 Å². The first kappa shape index (κ1) is 15.3. The van der Waals surface area contributed by atoms with E-state index in [-0.39, 0.29) is 6.10 Å². The summed E-state index contributed by atoms with van der Waals surface area (Å²) in [7, 11) is 0. The van der Waals surface area contributed by atoms with Crippen LogP contribution in [0.1, 0.15) is 30.9 Å². The molecule has 1 aromatic heterocycles. The summed E-state index contributed by atoms with van der Waals surface area (Å²) in [4.78, 5) is 4.09. The minimum atomic E-state index is -0.464. The predicted molar refractivity (Wildman–Crippen MR) is 85.6 cm³/mol. The van der Waals surface area contributed by atoms with E-state index in [2.05, 4.69) is 47.7 Å². The van der Waals surface area contributed by atoms with Crippen LogP contribution in [-0.4, -0.2) is 28.0 Å². The zero-order valence-electron chi connectivity index (χ0n) is 13.4. The highest BCUT2D eigenvalue weighted by Crippen LogP contribution is 2.32. The maximum absolute atomic E-state index is 6.14. The maximum Gasteiger partial charge on any atom is 0.170 e. The molecule has 4 nitrogen and oxygen atoms in total. The lowest BCUT2D eigenvalue weighted by Crippen LogP contribution is -2.33. The molecule has 2 heterocycles. The van der Waals surface area contributed by atoms with Gasteiger partial charge in [-0.1, -0.05) is 29.8 Å². The summed E-state index contributed by atoms with van der Waals surface area (Å²) < 4.78 is 14.3. The standard InChI is InChI=1S/C18H24N2O2/c1-15-3-5-17(6-4-15)7-8-18(21-13-16(2)22-18)9-11-20-12-10-19-14-20/h3-6,10,12,14,16H,7-9,11,13H2,1-2H3. The van der Waals surface area contributed by atoms with Crippen molar-refractivity contribution in [2.45, 2.75) is 51.5 Å². The van der Waals surface area contributed by atoms with Gasteiger partial charge in [-0.25, -0.2) is 4.98 Å². The molecule has 0 radical (unpaired) electrons. The first-order valence-electron chi connectivity index (χ1n) is 7.98. The molecule has 0 amide bonds. The fourth-order valence-electron chi connectivity index (χ4n) is 2.90. The third-order valence-electron chi connectivity index (χ3n) is 4.22. The molecule has 3 rings (SSSR count). The Bertz CT molecular complexity index is 580. The third kappa shape index (κ3) is 3.76. The van der Waals surface area contributed by atoms with Crippen molar-refractivity contribution in [2.75, 3.05) is 6.61 Å². The molecule has 0 saturated carbocycles. The lowest BCUT2D eigenvalue weighted by atomic mass is 10.0. The van der Waals surface area contributed by atoms with Gasteiger partial charge in [0.15, 0.2) is 5.79 Å². The molecule has 2 atom stereocenters. The lowest BCUT2D eigenvalue weighted by Gasteiger charge is -2.28. The van der Waals surface area contributed by atoms with Gasteiger partial charge < -0.3 is 14.0 Å². The maximum atomic E-state index is 6.14. The van der Waals surface area contributed by atoms with Crippen LogP contribution in [0.2, 0.25) is 0 Å². The Balaban J connectivity index is 1.62. The van der Waals surface area contributed by atoms with Gasteiger partial charge in [0.1, 0.15) is 0 Å². The van der Waals surface area contributed by atoms with Gasteiger partial charge in [-0.3, -0.25) is 0 Å². The van der Waals surface area contributed by atoms with E-state index in [0.717, 1.165) is 25.8 Å². The van der Waals surface area contributed by atoms with Crippen molar-refractivity contribution < 1.29 is 9.47 Å². The van der Waals surface area contributed by atoms with Crippen molar-refractivity contribution in [3.63, 3.8) is 0 Å². The van der Waals surface area contributed by atoms with E-state index in [9.17, 15) is 0 Å². The van der Waals surface area contributed by atoms with Crippen molar-refractivity contribution in [1.82, 2.24) is 9.55 Å². The highest BCUT2D eigenvalue weighted by atomic mass is 16.7. The molecule has 0 N–H and O–H groups in total. The van der Waals surface area contributed by atoms with Crippen LogP contribution in [0.25, 0.3) is 0 Å². The van der Waals surface area contributed by atoms with Gasteiger partial charge in [-0.05, 0) is 25.8 Å². The lowest BCUT2D eigenvalue weighted by molar-refractivity contribution is -0.177. The second-order valence-electron chi connectivity index (χ2n) is 6.19. The summed E-state index contributed by atoms with van der Waals surface area (Å²) >= 11 is 0. The number of ether oxygens (including phenoxy) is 2. The van der Waals surface area contributed by atoms with Gasteiger partial charge in [0.05, 0.1) is 19.0 Å². The second kappa shape index (κ2) is 6.63. The monoisotopic (exact) mass is 300 g/mol. The van der Waals surface area contributed by atoms with Crippen LogP contribution >= 0.6 is 0 Å². The molecular formula is C18H24N2O2. The van der Waals surface area contributed by atoms with Crippen LogP contribution in [0.5, 0.6) is 0 Å². The molecule has 1 fully saturated rings. The van der Waals surface area contributed by atoms with Crippen LogP contribution < -0.4 is 0 Å². The summed E-state index contributed by atoms with van der Waals surface area (Å²) in [6.07, 6.45) is 8.49. The first-order chi connectivity index (χ1) is 10.7. The second-order valence-corrected chi connectivity index (χ2v) is 6.19. The molecule has 2 unspecified atom stereocenters. The van der Waals surface area contributed by atoms with Crippen LogP contribution in [0.3, 0.4) is 0 Å². The van der Waals surface area contributed by atoms with Gasteiger partial charge in [0, 0.05) is 31.8 Å². The van der Waals surface area contributed by atoms with E-state index in [1.165, 1.54) is 11.1 Å². The van der Waals surface area contributed by atoms with E-state index in [1.54, 1.807) is 6.20 Å². The van der Waals surface area contributed by atoms with Gasteiger partial charge in [-0.15, -0.1) is 0 Å². The molecule has 1 aliphatic heterocycles. The zero-order valence-corrected chi connectivity index (χ0v) is 13.4. The number of hydrogen-bond donors (Lipinski definition) is 0. The van der Waals surface area contributed by atoms with E-state index in [4.69, 9.17) is 9.47 Å². The highest BCUT2D eigenvalue weighted by molar-refractivity contribution is 5.21. The van der Waals surface area contributed by atoms with Crippen molar-refractivity contribution in [3.8, 4) is 0 Å². The Hall–Kier alpha value is -1.65. The van der Waals surface area contributed by atoms with Gasteiger partial charge in [0.2, 0.25) is 0 Å². The number of benzene rings is 1. The molecular weight excluding hydrogens is 276 g/mol. The van der Waals surface area contributed by atoms with Gasteiger partial charge in [0.25, 0.3) is 0 Å². The molecule has 0 spiro atoms. The first-order valence-corrected chi connectivity index (χ1v) is 7.98. The Morgan fingerprint density at radius 1 is 1.27 bits per heavy atom. The predicted octanol–water partition coefficient (Wildman–Crippen LogP) is 3.35. The minimum absolute atomic E-state index is 0.167. The molecule has 4 heteroatoms. The normalized spacial score (nSPS) is 24.7. The largest absolute Gasteiger partial charge is 0.347 e. The zero-order chi connectivity index (χ0) is 15.4. The quantitative estimate of drug-likeness (QED) is 0.821. The summed E-state index contributed by atoms with van der Waals surface area (Å²) in [5.74, 6) is -0.464. The molecule has 22 heavy (non-hydrogen) atoms. The molecule has 0 bridgehead atoms. The summed E-state index contributed by atoms with van der Waals surface area (Å²) in [6.45, 7) is 5.73. The SMILES string of the molecule is Cc1ccc(CCC2(CCn3ccnc3)OCC(C)O2)cc1. The Kier molecular flexibility index (Phi) is 4.60. The summed E-state index contributed by atoms with van der Waals surface area (Å²) in [5, 5.41) is 0. The van der Waals surface area contributed by atoms with Crippen LogP contribution in [0.4, 0.5) is 0 Å². The van der Waals surface area contributed by atoms with Crippen LogP contribution in [-0.2, 0) is 22.4 Å². The van der Waals surface area contributed by atoms with E-state index in [1.807, 2.05) is 12.5 Å². The van der Waals surface area contributed by atoms with Crippen molar-refractivity contribution in [3.05, 3.63) is 54.1 Å². The molecule has 1 aromatic carbocycles. The van der Waals surface area contributed by atoms with Gasteiger partial charge in [-0.2, -0.15) is 0 Å². The molecule has 118 valence electrons. The summed E-state index contributed by atoms with van der Waals surface area (Å²) in [5.41, 5.74) is 2.62. The minimum Gasteiger partial charge on any atom is -0.347 e. The number of imidazole rings is 1. The third-order valence-corrected chi connectivity index (χ3v) is 4.22. The smallest absolute Gasteiger partial charge is 0.170 e. The van der Waals surface area contributed by atoms with E-state index >= 15 is 0 Å². The highest BCUT2D eigenvalue weighted by Gasteiger charge is 2.39. The fraction of sp³-hybridized carbons (Fsp3) is 0.500. The molecule has 1 saturated heterocycles. The Morgan fingerprint density at radius 2 is 2.09 bits per heavy atom. The Morgan fingerprint density at radius 3 is 2.73 bits per heavy atom. The molecule has 1 aliphatic rings. The van der Waals surface area contributed by atoms with E-state index in [0.29, 0.717) is 6.61 Å². The Labute approximate surface area is 132 Å². The van der Waals surface area contributed by atoms with Crippen LogP contribution in [0, 0.1) is 6.92 Å². The number of aryl methyl sites for hydroxylation is 3. The topological polar surface area (TPSA) is 36.3 Å². The number of aromatic nitrogens is 2. The van der Waals surface area contributed by atoms with Crippen LogP contribution in [0.15, 0.2) is 43.0 Å². The van der Waals surface area contributed by atoms with E-state index < -0.39 is 5.79 Å². The molecule has 2 aromatic rings. The molecule has 0 aliphatic carbocycles. The van der Waals surface area contributed by atoms with Crippen molar-refractivity contribution >= 4 is 0 Å². The number of nitrogens with zero attached hydrogens (tertiary/aromatic N) is 2.